The van der Waals surface area contributed by atoms with Crippen LogP contribution >= 0.6 is 11.8 Å². The van der Waals surface area contributed by atoms with Crippen molar-refractivity contribution in [3.8, 4) is 0 Å². The summed E-state index contributed by atoms with van der Waals surface area (Å²) in [6.07, 6.45) is 1.19. The van der Waals surface area contributed by atoms with Crippen LogP contribution in [-0.4, -0.2) is 34.4 Å². The van der Waals surface area contributed by atoms with Crippen molar-refractivity contribution in [2.45, 2.75) is 43.9 Å². The van der Waals surface area contributed by atoms with Crippen molar-refractivity contribution in [1.29, 1.82) is 0 Å². The van der Waals surface area contributed by atoms with Crippen LogP contribution in [-0.2, 0) is 5.41 Å². The maximum atomic E-state index is 12.5. The van der Waals surface area contributed by atoms with Crippen molar-refractivity contribution < 1.29 is 4.79 Å². The highest BCUT2D eigenvalue weighted by Crippen LogP contribution is 2.38. The highest BCUT2D eigenvalue weighted by atomic mass is 32.2. The molecule has 0 N–H and O–H groups in total. The topological polar surface area (TPSA) is 20.3 Å². The fourth-order valence-electron chi connectivity index (χ4n) is 2.93. The molecule has 2 unspecified atom stereocenters. The molecule has 0 aliphatic carbocycles. The Balaban J connectivity index is 1.77. The molecular weight excluding hydrogens is 254 g/mol. The van der Waals surface area contributed by atoms with Crippen LogP contribution in [0.4, 0.5) is 0 Å². The van der Waals surface area contributed by atoms with E-state index < -0.39 is 0 Å². The second kappa shape index (κ2) is 4.55. The molecule has 2 aliphatic heterocycles. The number of benzene rings is 1. The third-order valence-corrected chi connectivity index (χ3v) is 5.55. The molecule has 2 bridgehead atoms. The highest BCUT2D eigenvalue weighted by molar-refractivity contribution is 8.00. The molecule has 2 fully saturated rings. The number of hydrogen-bond donors (Lipinski definition) is 0. The normalized spacial score (nSPS) is 25.9. The minimum absolute atomic E-state index is 0.144. The summed E-state index contributed by atoms with van der Waals surface area (Å²) in [5.74, 6) is 1.34. The Morgan fingerprint density at radius 1 is 1.26 bits per heavy atom. The van der Waals surface area contributed by atoms with Crippen molar-refractivity contribution in [2.24, 2.45) is 0 Å². The Morgan fingerprint density at radius 3 is 2.42 bits per heavy atom. The lowest BCUT2D eigenvalue weighted by Crippen LogP contribution is -2.39. The number of hydrogen-bond acceptors (Lipinski definition) is 2. The van der Waals surface area contributed by atoms with Gasteiger partial charge in [0.25, 0.3) is 5.91 Å². The summed E-state index contributed by atoms with van der Waals surface area (Å²) < 4.78 is 0. The first-order valence-corrected chi connectivity index (χ1v) is 8.03. The van der Waals surface area contributed by atoms with Gasteiger partial charge in [0.15, 0.2) is 0 Å². The molecule has 102 valence electrons. The Morgan fingerprint density at radius 2 is 1.95 bits per heavy atom. The van der Waals surface area contributed by atoms with Crippen molar-refractivity contribution >= 4 is 17.7 Å². The van der Waals surface area contributed by atoms with Gasteiger partial charge in [-0.3, -0.25) is 4.79 Å². The van der Waals surface area contributed by atoms with Gasteiger partial charge in [-0.05, 0) is 29.5 Å². The van der Waals surface area contributed by atoms with Crippen LogP contribution in [0.1, 0.15) is 43.1 Å². The third-order valence-electron chi connectivity index (χ3n) is 4.16. The van der Waals surface area contributed by atoms with E-state index in [9.17, 15) is 4.79 Å². The molecule has 19 heavy (non-hydrogen) atoms. The molecule has 3 heteroatoms. The van der Waals surface area contributed by atoms with E-state index in [1.807, 2.05) is 23.9 Å². The van der Waals surface area contributed by atoms with Crippen molar-refractivity contribution in [2.75, 3.05) is 12.3 Å². The Bertz CT molecular complexity index is 488. The molecule has 2 saturated heterocycles. The number of amides is 1. The molecule has 0 saturated carbocycles. The van der Waals surface area contributed by atoms with E-state index in [0.717, 1.165) is 17.9 Å². The zero-order valence-corrected chi connectivity index (χ0v) is 12.7. The summed E-state index contributed by atoms with van der Waals surface area (Å²) in [6.45, 7) is 7.52. The van der Waals surface area contributed by atoms with E-state index in [-0.39, 0.29) is 11.3 Å². The lowest BCUT2D eigenvalue weighted by Gasteiger charge is -2.27. The standard InChI is InChI=1S/C16H21NOS/c1-16(2,3)12-6-4-11(5-7-12)15(18)17-9-14-8-13(17)10-19-14/h4-7,13-14H,8-10H2,1-3H3. The Kier molecular flexibility index (Phi) is 3.12. The van der Waals surface area contributed by atoms with Crippen molar-refractivity contribution in [3.05, 3.63) is 35.4 Å². The molecule has 0 aromatic heterocycles. The molecular formula is C16H21NOS. The van der Waals surface area contributed by atoms with Crippen LogP contribution in [0.2, 0.25) is 0 Å². The maximum absolute atomic E-state index is 12.5. The van der Waals surface area contributed by atoms with Crippen molar-refractivity contribution in [3.63, 3.8) is 0 Å². The molecule has 1 aromatic carbocycles. The number of likely N-dealkylation sites (tertiary alicyclic amines) is 1. The van der Waals surface area contributed by atoms with Crippen LogP contribution in [0.15, 0.2) is 24.3 Å². The quantitative estimate of drug-likeness (QED) is 0.783. The van der Waals surface area contributed by atoms with Crippen LogP contribution in [0, 0.1) is 0 Å². The number of carbonyl (C=O) groups is 1. The van der Waals surface area contributed by atoms with Gasteiger partial charge < -0.3 is 4.90 Å². The average molecular weight is 275 g/mol. The number of nitrogens with zero attached hydrogens (tertiary/aromatic N) is 1. The SMILES string of the molecule is CC(C)(C)c1ccc(C(=O)N2CC3CC2CS3)cc1. The summed E-state index contributed by atoms with van der Waals surface area (Å²) in [4.78, 5) is 14.6. The first-order chi connectivity index (χ1) is 8.95. The van der Waals surface area contributed by atoms with Gasteiger partial charge in [0, 0.05) is 29.2 Å². The fourth-order valence-corrected chi connectivity index (χ4v) is 4.36. The van der Waals surface area contributed by atoms with Crippen LogP contribution in [0.3, 0.4) is 0 Å². The van der Waals surface area contributed by atoms with Crippen LogP contribution in [0.25, 0.3) is 0 Å². The summed E-state index contributed by atoms with van der Waals surface area (Å²) in [6, 6.07) is 8.64. The van der Waals surface area contributed by atoms with Gasteiger partial charge in [-0.25, -0.2) is 0 Å². The summed E-state index contributed by atoms with van der Waals surface area (Å²) in [7, 11) is 0. The molecule has 0 spiro atoms. The maximum Gasteiger partial charge on any atom is 0.254 e. The van der Waals surface area contributed by atoms with Gasteiger partial charge in [0.2, 0.25) is 0 Å². The lowest BCUT2D eigenvalue weighted by molar-refractivity contribution is 0.0747. The zero-order chi connectivity index (χ0) is 13.6. The first kappa shape index (κ1) is 13.0. The molecule has 2 nitrogen and oxygen atoms in total. The fraction of sp³-hybridized carbons (Fsp3) is 0.562. The summed E-state index contributed by atoms with van der Waals surface area (Å²) in [5, 5.41) is 0.683. The average Bonchev–Trinajstić information content (AvgIpc) is 2.99. The second-order valence-corrected chi connectivity index (χ2v) is 7.96. The lowest BCUT2D eigenvalue weighted by atomic mass is 9.86. The van der Waals surface area contributed by atoms with E-state index in [4.69, 9.17) is 0 Å². The molecule has 1 aromatic rings. The minimum atomic E-state index is 0.144. The van der Waals surface area contributed by atoms with Gasteiger partial charge in [-0.1, -0.05) is 32.9 Å². The number of fused-ring (bicyclic) bond motifs is 2. The summed E-state index contributed by atoms with van der Waals surface area (Å²) in [5.41, 5.74) is 2.26. The van der Waals surface area contributed by atoms with E-state index in [2.05, 4.69) is 37.8 Å². The summed E-state index contributed by atoms with van der Waals surface area (Å²) >= 11 is 2.02. The predicted molar refractivity (Wildman–Crippen MR) is 80.8 cm³/mol. The van der Waals surface area contributed by atoms with Gasteiger partial charge in [-0.15, -0.1) is 0 Å². The smallest absolute Gasteiger partial charge is 0.254 e. The van der Waals surface area contributed by atoms with Crippen LogP contribution < -0.4 is 0 Å². The molecule has 2 aliphatic rings. The Labute approximate surface area is 119 Å². The number of carbonyl (C=O) groups excluding carboxylic acids is 1. The van der Waals surface area contributed by atoms with E-state index in [1.165, 1.54) is 12.0 Å². The second-order valence-electron chi connectivity index (χ2n) is 6.63. The van der Waals surface area contributed by atoms with E-state index >= 15 is 0 Å². The van der Waals surface area contributed by atoms with Crippen molar-refractivity contribution in [1.82, 2.24) is 4.90 Å². The molecule has 2 atom stereocenters. The van der Waals surface area contributed by atoms with Gasteiger partial charge >= 0.3 is 0 Å². The largest absolute Gasteiger partial charge is 0.334 e. The predicted octanol–water partition coefficient (Wildman–Crippen LogP) is 3.31. The van der Waals surface area contributed by atoms with Gasteiger partial charge in [-0.2, -0.15) is 11.8 Å². The highest BCUT2D eigenvalue weighted by Gasteiger charge is 2.41. The van der Waals surface area contributed by atoms with E-state index in [1.54, 1.807) is 0 Å². The number of thioether (sulfide) groups is 1. The minimum Gasteiger partial charge on any atom is -0.334 e. The molecule has 0 radical (unpaired) electrons. The number of rotatable bonds is 1. The van der Waals surface area contributed by atoms with Gasteiger partial charge in [0.05, 0.1) is 0 Å². The van der Waals surface area contributed by atoms with Crippen LogP contribution in [0.5, 0.6) is 0 Å². The van der Waals surface area contributed by atoms with E-state index in [0.29, 0.717) is 11.3 Å². The first-order valence-electron chi connectivity index (χ1n) is 6.98. The zero-order valence-electron chi connectivity index (χ0n) is 11.8. The molecule has 2 heterocycles. The van der Waals surface area contributed by atoms with Gasteiger partial charge in [0.1, 0.15) is 0 Å². The molecule has 1 amide bonds. The third kappa shape index (κ3) is 2.40. The monoisotopic (exact) mass is 275 g/mol. The Hall–Kier alpha value is -0.960. The molecule has 3 rings (SSSR count).